The quantitative estimate of drug-likeness (QED) is 0.382. The Morgan fingerprint density at radius 1 is 1.12 bits per heavy atom. The van der Waals surface area contributed by atoms with Crippen LogP contribution in [-0.4, -0.2) is 22.3 Å². The van der Waals surface area contributed by atoms with E-state index in [2.05, 4.69) is 27.7 Å². The van der Waals surface area contributed by atoms with Crippen LogP contribution in [0.15, 0.2) is 0 Å². The molecule has 3 nitrogen and oxygen atoms in total. The molecule has 0 saturated carbocycles. The third-order valence-electron chi connectivity index (χ3n) is 2.75. The molecule has 0 aliphatic heterocycles. The van der Waals surface area contributed by atoms with Crippen molar-refractivity contribution in [3.63, 3.8) is 0 Å². The highest BCUT2D eigenvalue weighted by molar-refractivity contribution is 6.22. The molecule has 1 unspecified atom stereocenters. The molecular weight excluding hydrogens is 232 g/mol. The summed E-state index contributed by atoms with van der Waals surface area (Å²) in [5.74, 6) is 0.905. The maximum absolute atomic E-state index is 11.5. The van der Waals surface area contributed by atoms with Gasteiger partial charge in [-0.1, -0.05) is 34.6 Å². The van der Waals surface area contributed by atoms with Crippen molar-refractivity contribution in [2.75, 3.05) is 0 Å². The van der Waals surface area contributed by atoms with Crippen molar-refractivity contribution in [1.29, 1.82) is 0 Å². The van der Waals surface area contributed by atoms with Crippen LogP contribution in [0.25, 0.3) is 0 Å². The first kappa shape index (κ1) is 16.6. The normalized spacial score (nSPS) is 13.6. The number of rotatable bonds is 8. The molecule has 0 fully saturated rings. The Morgan fingerprint density at radius 2 is 1.59 bits per heavy atom. The van der Waals surface area contributed by atoms with Crippen molar-refractivity contribution >= 4 is 16.2 Å². The minimum Gasteiger partial charge on any atom is -0.298 e. The molecule has 17 heavy (non-hydrogen) atoms. The van der Waals surface area contributed by atoms with Gasteiger partial charge in [-0.2, -0.15) is 4.89 Å². The Morgan fingerprint density at radius 3 is 1.94 bits per heavy atom. The smallest absolute Gasteiger partial charge is 0.298 e. The van der Waals surface area contributed by atoms with Crippen molar-refractivity contribution in [3.8, 4) is 0 Å². The van der Waals surface area contributed by atoms with E-state index in [1.165, 1.54) is 0 Å². The van der Waals surface area contributed by atoms with Crippen LogP contribution in [0.2, 0.25) is 5.54 Å². The molecule has 0 heterocycles. The maximum atomic E-state index is 11.5. The van der Waals surface area contributed by atoms with E-state index in [1.54, 1.807) is 0 Å². The number of hydrogen-bond donors (Lipinski definition) is 0. The van der Waals surface area contributed by atoms with Crippen LogP contribution in [-0.2, 0) is 14.6 Å². The topological polar surface area (TPSA) is 35.5 Å². The maximum Gasteiger partial charge on any atom is 0.341 e. The molecule has 0 aromatic carbocycles. The number of carbonyl (C=O) groups is 1. The van der Waals surface area contributed by atoms with Gasteiger partial charge in [0.15, 0.2) is 0 Å². The molecular formula is C13H28O3Si. The highest BCUT2D eigenvalue weighted by atomic mass is 28.1. The van der Waals surface area contributed by atoms with E-state index in [9.17, 15) is 4.79 Å². The van der Waals surface area contributed by atoms with Gasteiger partial charge in [0.25, 0.3) is 0 Å². The minimum atomic E-state index is -0.198. The molecule has 0 amide bonds. The van der Waals surface area contributed by atoms with Crippen LogP contribution in [0.4, 0.5) is 0 Å². The Bertz CT molecular complexity index is 207. The van der Waals surface area contributed by atoms with E-state index in [4.69, 9.17) is 9.78 Å². The van der Waals surface area contributed by atoms with E-state index in [0.717, 1.165) is 29.5 Å². The largest absolute Gasteiger partial charge is 0.341 e. The van der Waals surface area contributed by atoms with E-state index in [1.807, 2.05) is 6.92 Å². The molecule has 0 aromatic rings. The average molecular weight is 260 g/mol. The van der Waals surface area contributed by atoms with E-state index in [-0.39, 0.29) is 17.6 Å². The van der Waals surface area contributed by atoms with Gasteiger partial charge in [0.2, 0.25) is 0 Å². The van der Waals surface area contributed by atoms with Gasteiger partial charge < -0.3 is 0 Å². The lowest BCUT2D eigenvalue weighted by atomic mass is 9.98. The summed E-state index contributed by atoms with van der Waals surface area (Å²) in [5.41, 5.74) is 0.0498. The van der Waals surface area contributed by atoms with Gasteiger partial charge in [-0.15, -0.1) is 0 Å². The zero-order valence-electron chi connectivity index (χ0n) is 12.2. The van der Waals surface area contributed by atoms with Crippen LogP contribution >= 0.6 is 0 Å². The SMILES string of the molecule is CCC([SiH3])C(=O)OOC(CC(C)C)CC(C)C. The fraction of sp³-hybridized carbons (Fsp3) is 0.923. The van der Waals surface area contributed by atoms with Crippen LogP contribution < -0.4 is 0 Å². The fourth-order valence-corrected chi connectivity index (χ4v) is 1.69. The van der Waals surface area contributed by atoms with E-state index in [0.29, 0.717) is 11.8 Å². The minimum absolute atomic E-state index is 0.0321. The van der Waals surface area contributed by atoms with Gasteiger partial charge in [0, 0.05) is 15.8 Å². The van der Waals surface area contributed by atoms with Crippen LogP contribution in [0.1, 0.15) is 53.9 Å². The Kier molecular flexibility index (Phi) is 8.52. The summed E-state index contributed by atoms with van der Waals surface area (Å²) in [5, 5.41) is 0. The van der Waals surface area contributed by atoms with Crippen molar-refractivity contribution < 1.29 is 14.6 Å². The lowest BCUT2D eigenvalue weighted by molar-refractivity contribution is -0.302. The predicted octanol–water partition coefficient (Wildman–Crippen LogP) is 2.49. The van der Waals surface area contributed by atoms with Crippen molar-refractivity contribution in [2.24, 2.45) is 11.8 Å². The third-order valence-corrected chi connectivity index (χ3v) is 4.04. The highest BCUT2D eigenvalue weighted by Crippen LogP contribution is 2.18. The van der Waals surface area contributed by atoms with Gasteiger partial charge in [0.05, 0.1) is 0 Å². The summed E-state index contributed by atoms with van der Waals surface area (Å²) in [6.07, 6.45) is 2.74. The second kappa shape index (κ2) is 8.70. The fourth-order valence-electron chi connectivity index (χ4n) is 1.59. The molecule has 0 rings (SSSR count). The standard InChI is InChI=1S/C13H28O3Si/c1-6-12(17)13(14)16-15-11(7-9(2)3)8-10(4)5/h9-12H,6-8H2,1-5,17H3. The molecule has 102 valence electrons. The van der Waals surface area contributed by atoms with E-state index < -0.39 is 0 Å². The van der Waals surface area contributed by atoms with Gasteiger partial charge in [-0.3, -0.25) is 4.89 Å². The summed E-state index contributed by atoms with van der Waals surface area (Å²) < 4.78 is 0. The lowest BCUT2D eigenvalue weighted by Gasteiger charge is -2.20. The molecule has 0 radical (unpaired) electrons. The summed E-state index contributed by atoms with van der Waals surface area (Å²) in [6, 6.07) is 0. The van der Waals surface area contributed by atoms with Crippen LogP contribution in [0, 0.1) is 11.8 Å². The zero-order chi connectivity index (χ0) is 13.4. The van der Waals surface area contributed by atoms with Crippen molar-refractivity contribution in [2.45, 2.75) is 65.5 Å². The second-order valence-corrected chi connectivity index (χ2v) is 7.08. The Hall–Kier alpha value is -0.353. The predicted molar refractivity (Wildman–Crippen MR) is 73.9 cm³/mol. The molecule has 0 saturated heterocycles. The van der Waals surface area contributed by atoms with Crippen LogP contribution in [0.3, 0.4) is 0 Å². The number of carbonyl (C=O) groups excluding carboxylic acids is 1. The summed E-state index contributed by atoms with van der Waals surface area (Å²) >= 11 is 0. The first-order valence-electron chi connectivity index (χ1n) is 6.73. The summed E-state index contributed by atoms with van der Waals surface area (Å²) in [4.78, 5) is 21.8. The molecule has 0 aromatic heterocycles. The van der Waals surface area contributed by atoms with Gasteiger partial charge in [-0.25, -0.2) is 4.79 Å². The van der Waals surface area contributed by atoms with Gasteiger partial charge >= 0.3 is 5.97 Å². The first-order valence-corrected chi connectivity index (χ1v) is 7.89. The van der Waals surface area contributed by atoms with Crippen molar-refractivity contribution in [3.05, 3.63) is 0 Å². The monoisotopic (exact) mass is 260 g/mol. The Balaban J connectivity index is 4.10. The molecule has 0 aliphatic carbocycles. The summed E-state index contributed by atoms with van der Waals surface area (Å²) in [6.45, 7) is 10.6. The highest BCUT2D eigenvalue weighted by Gasteiger charge is 2.19. The Labute approximate surface area is 109 Å². The molecule has 0 bridgehead atoms. The lowest BCUT2D eigenvalue weighted by Crippen LogP contribution is -2.22. The van der Waals surface area contributed by atoms with Gasteiger partial charge in [0.1, 0.15) is 6.10 Å². The van der Waals surface area contributed by atoms with Crippen molar-refractivity contribution in [1.82, 2.24) is 0 Å². The molecule has 0 aliphatic rings. The molecule has 0 N–H and O–H groups in total. The second-order valence-electron chi connectivity index (χ2n) is 5.69. The first-order chi connectivity index (χ1) is 7.86. The molecule has 1 atom stereocenters. The zero-order valence-corrected chi connectivity index (χ0v) is 14.2. The summed E-state index contributed by atoms with van der Waals surface area (Å²) in [7, 11) is 0.826. The van der Waals surface area contributed by atoms with Gasteiger partial charge in [-0.05, 0) is 31.1 Å². The molecule has 0 spiro atoms. The number of hydrogen-bond acceptors (Lipinski definition) is 3. The molecule has 4 heteroatoms. The van der Waals surface area contributed by atoms with Crippen LogP contribution in [0.5, 0.6) is 0 Å². The average Bonchev–Trinajstić information content (AvgIpc) is 2.22. The van der Waals surface area contributed by atoms with E-state index >= 15 is 0 Å². The third kappa shape index (κ3) is 8.38.